The fraction of sp³-hybridized carbons (Fsp3) is 0.375. The van der Waals surface area contributed by atoms with Crippen molar-refractivity contribution >= 4 is 0 Å². The Morgan fingerprint density at radius 1 is 1.29 bits per heavy atom. The van der Waals surface area contributed by atoms with E-state index in [1.165, 1.54) is 0 Å². The molecule has 21 heavy (non-hydrogen) atoms. The Kier molecular flexibility index (Phi) is 4.75. The van der Waals surface area contributed by atoms with Crippen LogP contribution in [0.4, 0.5) is 0 Å². The lowest BCUT2D eigenvalue weighted by molar-refractivity contribution is 0.407. The van der Waals surface area contributed by atoms with E-state index in [1.807, 2.05) is 39.1 Å². The smallest absolute Gasteiger partial charge is 0.348 e. The maximum absolute atomic E-state index is 12.1. The number of aromatic nitrogens is 2. The molecular weight excluding hydrogens is 266 g/mol. The number of nitrogens with one attached hydrogen (secondary N) is 1. The molecule has 1 aromatic carbocycles. The Labute approximate surface area is 124 Å². The monoisotopic (exact) mass is 287 g/mol. The number of hydrogen-bond donors (Lipinski definition) is 1. The van der Waals surface area contributed by atoms with E-state index in [2.05, 4.69) is 16.4 Å². The zero-order valence-corrected chi connectivity index (χ0v) is 12.9. The van der Waals surface area contributed by atoms with Crippen molar-refractivity contribution in [2.24, 2.45) is 0 Å². The molecule has 2 aromatic rings. The van der Waals surface area contributed by atoms with Gasteiger partial charge in [0.2, 0.25) is 0 Å². The number of hydrogen-bond acceptors (Lipinski definition) is 4. The molecule has 112 valence electrons. The van der Waals surface area contributed by atoms with Crippen molar-refractivity contribution < 1.29 is 4.74 Å². The lowest BCUT2D eigenvalue weighted by atomic mass is 10.1. The summed E-state index contributed by atoms with van der Waals surface area (Å²) in [6.45, 7) is 4.97. The van der Waals surface area contributed by atoms with E-state index in [-0.39, 0.29) is 5.69 Å². The zero-order chi connectivity index (χ0) is 15.4. The molecule has 0 radical (unpaired) electrons. The van der Waals surface area contributed by atoms with Gasteiger partial charge in [-0.05, 0) is 44.7 Å². The van der Waals surface area contributed by atoms with E-state index in [4.69, 9.17) is 4.74 Å². The highest BCUT2D eigenvalue weighted by Crippen LogP contribution is 2.21. The molecule has 5 heteroatoms. The van der Waals surface area contributed by atoms with Crippen LogP contribution in [0.2, 0.25) is 0 Å². The molecular formula is C16H21N3O2. The van der Waals surface area contributed by atoms with Gasteiger partial charge < -0.3 is 10.1 Å². The lowest BCUT2D eigenvalue weighted by Gasteiger charge is -2.14. The normalized spacial score (nSPS) is 10.7. The van der Waals surface area contributed by atoms with Gasteiger partial charge >= 0.3 is 5.69 Å². The Balaban J connectivity index is 2.43. The molecule has 1 heterocycles. The molecule has 0 saturated carbocycles. The number of ether oxygens (including phenoxy) is 1. The molecule has 5 nitrogen and oxygen atoms in total. The van der Waals surface area contributed by atoms with Crippen LogP contribution >= 0.6 is 0 Å². The van der Waals surface area contributed by atoms with E-state index >= 15 is 0 Å². The number of aryl methyl sites for hydroxylation is 2. The van der Waals surface area contributed by atoms with Gasteiger partial charge in [-0.25, -0.2) is 4.79 Å². The molecule has 0 aliphatic carbocycles. The molecule has 0 amide bonds. The van der Waals surface area contributed by atoms with Crippen LogP contribution in [-0.4, -0.2) is 23.7 Å². The van der Waals surface area contributed by atoms with Crippen molar-refractivity contribution in [1.82, 2.24) is 14.9 Å². The maximum Gasteiger partial charge on any atom is 0.348 e. The minimum atomic E-state index is -0.228. The van der Waals surface area contributed by atoms with E-state index in [1.54, 1.807) is 11.7 Å². The minimum absolute atomic E-state index is 0.228. The van der Waals surface area contributed by atoms with E-state index in [9.17, 15) is 4.79 Å². The summed E-state index contributed by atoms with van der Waals surface area (Å²) in [6.07, 6.45) is 0. The summed E-state index contributed by atoms with van der Waals surface area (Å²) in [7, 11) is 3.54. The maximum atomic E-state index is 12.1. The van der Waals surface area contributed by atoms with Crippen molar-refractivity contribution in [2.75, 3.05) is 14.2 Å². The fourth-order valence-electron chi connectivity index (χ4n) is 2.41. The molecule has 0 saturated heterocycles. The first-order chi connectivity index (χ1) is 10.0. The van der Waals surface area contributed by atoms with Crippen LogP contribution in [0.1, 0.15) is 22.5 Å². The third-order valence-corrected chi connectivity index (χ3v) is 3.40. The van der Waals surface area contributed by atoms with Gasteiger partial charge in [0.05, 0.1) is 13.7 Å². The molecule has 0 unspecified atom stereocenters. The van der Waals surface area contributed by atoms with E-state index in [0.717, 1.165) is 34.8 Å². The molecule has 1 N–H and O–H groups in total. The van der Waals surface area contributed by atoms with Gasteiger partial charge in [-0.3, -0.25) is 4.57 Å². The molecule has 1 aromatic heterocycles. The first-order valence-corrected chi connectivity index (χ1v) is 6.90. The second-order valence-corrected chi connectivity index (χ2v) is 5.08. The van der Waals surface area contributed by atoms with Gasteiger partial charge in [-0.1, -0.05) is 6.07 Å². The summed E-state index contributed by atoms with van der Waals surface area (Å²) in [4.78, 5) is 16.1. The van der Waals surface area contributed by atoms with Gasteiger partial charge in [0.25, 0.3) is 0 Å². The van der Waals surface area contributed by atoms with Crippen molar-refractivity contribution in [2.45, 2.75) is 26.9 Å². The predicted octanol–water partition coefficient (Wildman–Crippen LogP) is 1.64. The number of rotatable bonds is 5. The Morgan fingerprint density at radius 2 is 2.05 bits per heavy atom. The molecule has 2 rings (SSSR count). The van der Waals surface area contributed by atoms with Crippen LogP contribution in [0.25, 0.3) is 0 Å². The number of benzene rings is 1. The highest BCUT2D eigenvalue weighted by molar-refractivity contribution is 5.37. The predicted molar refractivity (Wildman–Crippen MR) is 82.8 cm³/mol. The standard InChI is InChI=1S/C16H21N3O2/c1-11-7-12(2)19(16(20)18-11)10-14-8-13(9-17-3)5-6-15(14)21-4/h5-8,17H,9-10H2,1-4H3. The summed E-state index contributed by atoms with van der Waals surface area (Å²) in [5.41, 5.74) is 3.53. The van der Waals surface area contributed by atoms with Crippen LogP contribution < -0.4 is 15.7 Å². The second-order valence-electron chi connectivity index (χ2n) is 5.08. The van der Waals surface area contributed by atoms with Crippen molar-refractivity contribution in [3.8, 4) is 5.75 Å². The number of nitrogens with zero attached hydrogens (tertiary/aromatic N) is 2. The number of methoxy groups -OCH3 is 1. The van der Waals surface area contributed by atoms with Crippen molar-refractivity contribution in [3.63, 3.8) is 0 Å². The van der Waals surface area contributed by atoms with Gasteiger partial charge in [0, 0.05) is 23.5 Å². The second kappa shape index (κ2) is 6.54. The van der Waals surface area contributed by atoms with Gasteiger partial charge in [-0.15, -0.1) is 0 Å². The summed E-state index contributed by atoms with van der Waals surface area (Å²) in [6, 6.07) is 7.91. The molecule has 0 atom stereocenters. The first kappa shape index (κ1) is 15.3. The largest absolute Gasteiger partial charge is 0.496 e. The van der Waals surface area contributed by atoms with Gasteiger partial charge in [0.15, 0.2) is 0 Å². The average molecular weight is 287 g/mol. The van der Waals surface area contributed by atoms with Crippen molar-refractivity contribution in [3.05, 3.63) is 57.3 Å². The van der Waals surface area contributed by atoms with Crippen LogP contribution in [0.15, 0.2) is 29.1 Å². The zero-order valence-electron chi connectivity index (χ0n) is 12.9. The van der Waals surface area contributed by atoms with Gasteiger partial charge in [-0.2, -0.15) is 4.98 Å². The van der Waals surface area contributed by atoms with Crippen LogP contribution in [0.5, 0.6) is 5.75 Å². The third kappa shape index (κ3) is 3.49. The van der Waals surface area contributed by atoms with E-state index in [0.29, 0.717) is 6.54 Å². The first-order valence-electron chi connectivity index (χ1n) is 6.90. The summed E-state index contributed by atoms with van der Waals surface area (Å²) >= 11 is 0. The quantitative estimate of drug-likeness (QED) is 0.908. The summed E-state index contributed by atoms with van der Waals surface area (Å²) < 4.78 is 7.06. The topological polar surface area (TPSA) is 56.1 Å². The SMILES string of the molecule is CNCc1ccc(OC)c(Cn2c(C)cc(C)nc2=O)c1. The van der Waals surface area contributed by atoms with Crippen LogP contribution in [-0.2, 0) is 13.1 Å². The molecule has 0 bridgehead atoms. The van der Waals surface area contributed by atoms with E-state index < -0.39 is 0 Å². The van der Waals surface area contributed by atoms with Gasteiger partial charge in [0.1, 0.15) is 5.75 Å². The Hall–Kier alpha value is -2.14. The molecule has 0 fully saturated rings. The highest BCUT2D eigenvalue weighted by atomic mass is 16.5. The summed E-state index contributed by atoms with van der Waals surface area (Å²) in [5.74, 6) is 0.779. The van der Waals surface area contributed by atoms with Crippen LogP contribution in [0, 0.1) is 13.8 Å². The van der Waals surface area contributed by atoms with Crippen molar-refractivity contribution in [1.29, 1.82) is 0 Å². The Bertz CT molecular complexity index is 692. The lowest BCUT2D eigenvalue weighted by Crippen LogP contribution is -2.26. The Morgan fingerprint density at radius 3 is 2.67 bits per heavy atom. The average Bonchev–Trinajstić information content (AvgIpc) is 2.43. The summed E-state index contributed by atoms with van der Waals surface area (Å²) in [5, 5.41) is 3.12. The molecule has 0 aliphatic heterocycles. The minimum Gasteiger partial charge on any atom is -0.496 e. The van der Waals surface area contributed by atoms with Crippen LogP contribution in [0.3, 0.4) is 0 Å². The molecule has 0 aliphatic rings. The third-order valence-electron chi connectivity index (χ3n) is 3.40. The highest BCUT2D eigenvalue weighted by Gasteiger charge is 2.09. The molecule has 0 spiro atoms. The fourth-order valence-corrected chi connectivity index (χ4v) is 2.41.